The van der Waals surface area contributed by atoms with Crippen LogP contribution < -0.4 is 5.32 Å². The summed E-state index contributed by atoms with van der Waals surface area (Å²) >= 11 is 3.25. The van der Waals surface area contributed by atoms with E-state index in [9.17, 15) is 9.50 Å². The number of hydrogen-bond acceptors (Lipinski definition) is 2. The largest absolute Gasteiger partial charge is 0.395 e. The van der Waals surface area contributed by atoms with Crippen molar-refractivity contribution in [3.05, 3.63) is 69.9 Å². The summed E-state index contributed by atoms with van der Waals surface area (Å²) in [5, 5.41) is 12.8. The molecule has 21 heavy (non-hydrogen) atoms. The van der Waals surface area contributed by atoms with Gasteiger partial charge in [-0.05, 0) is 31.0 Å². The lowest BCUT2D eigenvalue weighted by Crippen LogP contribution is -2.36. The molecule has 112 valence electrons. The highest BCUT2D eigenvalue weighted by atomic mass is 79.9. The van der Waals surface area contributed by atoms with Crippen molar-refractivity contribution in [1.82, 2.24) is 5.32 Å². The number of halogens is 2. The second kappa shape index (κ2) is 7.69. The quantitative estimate of drug-likeness (QED) is 0.828. The highest BCUT2D eigenvalue weighted by molar-refractivity contribution is 9.10. The number of aliphatic hydroxyl groups is 1. The van der Waals surface area contributed by atoms with Gasteiger partial charge in [0, 0.05) is 22.1 Å². The number of nitrogens with one attached hydrogen (secondary N) is 1. The van der Waals surface area contributed by atoms with Gasteiger partial charge in [-0.15, -0.1) is 0 Å². The molecule has 0 radical (unpaired) electrons. The van der Waals surface area contributed by atoms with E-state index in [4.69, 9.17) is 0 Å². The second-order valence-electron chi connectivity index (χ2n) is 5.12. The predicted octanol–water partition coefficient (Wildman–Crippen LogP) is 3.84. The fourth-order valence-electron chi connectivity index (χ4n) is 2.37. The van der Waals surface area contributed by atoms with E-state index in [1.54, 1.807) is 6.07 Å². The van der Waals surface area contributed by atoms with Crippen LogP contribution in [0, 0.1) is 5.82 Å². The van der Waals surface area contributed by atoms with E-state index in [2.05, 4.69) is 21.2 Å². The van der Waals surface area contributed by atoms with Gasteiger partial charge in [-0.1, -0.05) is 52.3 Å². The van der Waals surface area contributed by atoms with Crippen LogP contribution in [0.5, 0.6) is 0 Å². The molecule has 0 amide bonds. The third kappa shape index (κ3) is 4.63. The van der Waals surface area contributed by atoms with Crippen LogP contribution in [0.4, 0.5) is 4.39 Å². The minimum Gasteiger partial charge on any atom is -0.395 e. The SMILES string of the molecule is CC(N[C@@H](CO)Cc1ccccc1)c1ccc(Br)cc1F. The molecule has 1 unspecified atom stereocenters. The Kier molecular flexibility index (Phi) is 5.91. The van der Waals surface area contributed by atoms with Crippen molar-refractivity contribution in [2.75, 3.05) is 6.61 Å². The van der Waals surface area contributed by atoms with E-state index < -0.39 is 0 Å². The van der Waals surface area contributed by atoms with E-state index in [1.165, 1.54) is 6.07 Å². The number of rotatable bonds is 6. The first-order valence-electron chi connectivity index (χ1n) is 6.96. The molecule has 2 aromatic rings. The first-order valence-corrected chi connectivity index (χ1v) is 7.75. The monoisotopic (exact) mass is 351 g/mol. The molecular weight excluding hydrogens is 333 g/mol. The van der Waals surface area contributed by atoms with Crippen LogP contribution in [0.1, 0.15) is 24.1 Å². The summed E-state index contributed by atoms with van der Waals surface area (Å²) in [6.45, 7) is 1.91. The van der Waals surface area contributed by atoms with Crippen molar-refractivity contribution in [3.8, 4) is 0 Å². The molecule has 0 aliphatic carbocycles. The fourth-order valence-corrected chi connectivity index (χ4v) is 2.70. The molecule has 2 atom stereocenters. The minimum atomic E-state index is -0.249. The highest BCUT2D eigenvalue weighted by Gasteiger charge is 2.16. The van der Waals surface area contributed by atoms with Gasteiger partial charge >= 0.3 is 0 Å². The van der Waals surface area contributed by atoms with E-state index in [1.807, 2.05) is 43.3 Å². The normalized spacial score (nSPS) is 13.9. The van der Waals surface area contributed by atoms with E-state index >= 15 is 0 Å². The van der Waals surface area contributed by atoms with E-state index in [0.29, 0.717) is 12.0 Å². The molecule has 2 N–H and O–H groups in total. The molecule has 0 spiro atoms. The molecule has 0 aliphatic heterocycles. The summed E-state index contributed by atoms with van der Waals surface area (Å²) in [4.78, 5) is 0. The van der Waals surface area contributed by atoms with Crippen LogP contribution >= 0.6 is 15.9 Å². The minimum absolute atomic E-state index is 0.0113. The molecule has 2 nitrogen and oxygen atoms in total. The molecule has 4 heteroatoms. The van der Waals surface area contributed by atoms with Crippen molar-refractivity contribution >= 4 is 15.9 Å². The van der Waals surface area contributed by atoms with Crippen LogP contribution in [0.25, 0.3) is 0 Å². The van der Waals surface area contributed by atoms with Crippen LogP contribution in [0.15, 0.2) is 53.0 Å². The number of hydrogen-bond donors (Lipinski definition) is 2. The molecule has 0 aliphatic rings. The maximum atomic E-state index is 13.9. The second-order valence-corrected chi connectivity index (χ2v) is 6.04. The maximum absolute atomic E-state index is 13.9. The predicted molar refractivity (Wildman–Crippen MR) is 86.7 cm³/mol. The Morgan fingerprint density at radius 3 is 2.52 bits per heavy atom. The summed E-state index contributed by atoms with van der Waals surface area (Å²) in [5.74, 6) is -0.249. The van der Waals surface area contributed by atoms with Crippen LogP contribution in [0.2, 0.25) is 0 Å². The topological polar surface area (TPSA) is 32.3 Å². The Hall–Kier alpha value is -1.23. The Labute approximate surface area is 133 Å². The lowest BCUT2D eigenvalue weighted by atomic mass is 10.0. The summed E-state index contributed by atoms with van der Waals surface area (Å²) in [5.41, 5.74) is 1.75. The van der Waals surface area contributed by atoms with Crippen molar-refractivity contribution in [2.45, 2.75) is 25.4 Å². The lowest BCUT2D eigenvalue weighted by Gasteiger charge is -2.22. The zero-order valence-electron chi connectivity index (χ0n) is 11.9. The Bertz CT molecular complexity index is 576. The number of benzene rings is 2. The van der Waals surface area contributed by atoms with Gasteiger partial charge in [0.05, 0.1) is 6.61 Å². The molecule has 0 heterocycles. The van der Waals surface area contributed by atoms with Gasteiger partial charge in [0.2, 0.25) is 0 Å². The van der Waals surface area contributed by atoms with Gasteiger partial charge in [-0.3, -0.25) is 0 Å². The van der Waals surface area contributed by atoms with Gasteiger partial charge in [-0.2, -0.15) is 0 Å². The molecule has 0 saturated carbocycles. The third-order valence-corrected chi connectivity index (χ3v) is 3.95. The molecular formula is C17H19BrFNO. The average Bonchev–Trinajstić information content (AvgIpc) is 2.47. The molecule has 2 aromatic carbocycles. The standard InChI is InChI=1S/C17H19BrFNO/c1-12(16-8-7-14(18)10-17(16)19)20-15(11-21)9-13-5-3-2-4-6-13/h2-8,10,12,15,20-21H,9,11H2,1H3/t12?,15-/m1/s1. The molecule has 0 saturated heterocycles. The Morgan fingerprint density at radius 1 is 1.19 bits per heavy atom. The smallest absolute Gasteiger partial charge is 0.129 e. The van der Waals surface area contributed by atoms with Crippen LogP contribution in [-0.4, -0.2) is 17.8 Å². The van der Waals surface area contributed by atoms with Gasteiger partial charge < -0.3 is 10.4 Å². The Morgan fingerprint density at radius 2 is 1.90 bits per heavy atom. The summed E-state index contributed by atoms with van der Waals surface area (Å²) in [6.07, 6.45) is 0.708. The molecule has 0 aromatic heterocycles. The lowest BCUT2D eigenvalue weighted by molar-refractivity contribution is 0.232. The van der Waals surface area contributed by atoms with E-state index in [-0.39, 0.29) is 24.5 Å². The Balaban J connectivity index is 2.04. The van der Waals surface area contributed by atoms with Gasteiger partial charge in [0.15, 0.2) is 0 Å². The summed E-state index contributed by atoms with van der Waals surface area (Å²) in [7, 11) is 0. The van der Waals surface area contributed by atoms with Gasteiger partial charge in [0.25, 0.3) is 0 Å². The fraction of sp³-hybridized carbons (Fsp3) is 0.294. The van der Waals surface area contributed by atoms with Gasteiger partial charge in [-0.25, -0.2) is 4.39 Å². The first-order chi connectivity index (χ1) is 10.1. The van der Waals surface area contributed by atoms with E-state index in [0.717, 1.165) is 10.0 Å². The van der Waals surface area contributed by atoms with Crippen molar-refractivity contribution in [2.24, 2.45) is 0 Å². The van der Waals surface area contributed by atoms with Crippen LogP contribution in [-0.2, 0) is 6.42 Å². The third-order valence-electron chi connectivity index (χ3n) is 3.46. The first kappa shape index (κ1) is 16.1. The van der Waals surface area contributed by atoms with Crippen molar-refractivity contribution in [3.63, 3.8) is 0 Å². The van der Waals surface area contributed by atoms with Crippen molar-refractivity contribution < 1.29 is 9.50 Å². The maximum Gasteiger partial charge on any atom is 0.129 e. The molecule has 0 bridgehead atoms. The number of aliphatic hydroxyl groups excluding tert-OH is 1. The zero-order chi connectivity index (χ0) is 15.2. The highest BCUT2D eigenvalue weighted by Crippen LogP contribution is 2.21. The summed E-state index contributed by atoms with van der Waals surface area (Å²) in [6, 6.07) is 14.7. The molecule has 2 rings (SSSR count). The van der Waals surface area contributed by atoms with Crippen molar-refractivity contribution in [1.29, 1.82) is 0 Å². The molecule has 0 fully saturated rings. The zero-order valence-corrected chi connectivity index (χ0v) is 13.5. The van der Waals surface area contributed by atoms with Crippen LogP contribution in [0.3, 0.4) is 0 Å². The van der Waals surface area contributed by atoms with Gasteiger partial charge in [0.1, 0.15) is 5.82 Å². The summed E-state index contributed by atoms with van der Waals surface area (Å²) < 4.78 is 14.7. The average molecular weight is 352 g/mol.